The summed E-state index contributed by atoms with van der Waals surface area (Å²) >= 11 is 0. The number of hydrogen-bond acceptors (Lipinski definition) is 3. The number of nitrogens with zero attached hydrogens (tertiary/aromatic N) is 1. The van der Waals surface area contributed by atoms with Gasteiger partial charge in [0.1, 0.15) is 0 Å². The van der Waals surface area contributed by atoms with Crippen molar-refractivity contribution in [2.24, 2.45) is 0 Å². The number of nitrogens with one attached hydrogen (secondary N) is 1. The van der Waals surface area contributed by atoms with Gasteiger partial charge in [-0.25, -0.2) is 0 Å². The molecular formula is C11H8N2O3. The number of nitro groups is 1. The summed E-state index contributed by atoms with van der Waals surface area (Å²) in [5, 5.41) is 10.5. The molecule has 80 valence electrons. The van der Waals surface area contributed by atoms with E-state index in [-0.39, 0.29) is 11.2 Å². The van der Waals surface area contributed by atoms with Crippen LogP contribution in [-0.2, 0) is 0 Å². The Balaban J connectivity index is 2.47. The van der Waals surface area contributed by atoms with Gasteiger partial charge in [0.2, 0.25) is 0 Å². The van der Waals surface area contributed by atoms with Gasteiger partial charge in [-0.05, 0) is 29.8 Å². The molecule has 2 aromatic rings. The van der Waals surface area contributed by atoms with Crippen molar-refractivity contribution < 1.29 is 4.92 Å². The Morgan fingerprint density at radius 2 is 1.81 bits per heavy atom. The Kier molecular flexibility index (Phi) is 2.51. The fraction of sp³-hybridized carbons (Fsp3) is 0. The van der Waals surface area contributed by atoms with E-state index in [4.69, 9.17) is 0 Å². The van der Waals surface area contributed by atoms with Gasteiger partial charge in [-0.2, -0.15) is 0 Å². The number of aromatic nitrogens is 1. The molecular weight excluding hydrogens is 208 g/mol. The number of rotatable bonds is 2. The Bertz CT molecular complexity index is 572. The standard InChI is InChI=1S/C11H8N2O3/c14-11-10(2-1-7-12-11)8-3-5-9(6-4-8)13(15)16/h1-7H,(H,12,14). The Hall–Kier alpha value is -2.43. The molecule has 0 fully saturated rings. The summed E-state index contributed by atoms with van der Waals surface area (Å²) in [6.07, 6.45) is 1.54. The summed E-state index contributed by atoms with van der Waals surface area (Å²) in [4.78, 5) is 24.0. The maximum atomic E-state index is 11.4. The number of aromatic amines is 1. The van der Waals surface area contributed by atoms with Crippen LogP contribution in [0.2, 0.25) is 0 Å². The number of nitro benzene ring substituents is 1. The van der Waals surface area contributed by atoms with Gasteiger partial charge in [-0.15, -0.1) is 0 Å². The summed E-state index contributed by atoms with van der Waals surface area (Å²) in [6, 6.07) is 9.24. The van der Waals surface area contributed by atoms with Crippen LogP contribution in [0.5, 0.6) is 0 Å². The minimum Gasteiger partial charge on any atom is -0.329 e. The maximum absolute atomic E-state index is 11.4. The van der Waals surface area contributed by atoms with E-state index in [9.17, 15) is 14.9 Å². The molecule has 0 atom stereocenters. The van der Waals surface area contributed by atoms with Gasteiger partial charge in [-0.3, -0.25) is 14.9 Å². The largest absolute Gasteiger partial charge is 0.329 e. The van der Waals surface area contributed by atoms with Gasteiger partial charge < -0.3 is 4.98 Å². The Morgan fingerprint density at radius 1 is 1.12 bits per heavy atom. The monoisotopic (exact) mass is 216 g/mol. The first-order valence-corrected chi connectivity index (χ1v) is 4.61. The first kappa shape index (κ1) is 10.1. The normalized spacial score (nSPS) is 10.0. The minimum absolute atomic E-state index is 0.0103. The van der Waals surface area contributed by atoms with Crippen molar-refractivity contribution in [3.63, 3.8) is 0 Å². The third-order valence-corrected chi connectivity index (χ3v) is 2.21. The van der Waals surface area contributed by atoms with E-state index in [1.165, 1.54) is 18.3 Å². The van der Waals surface area contributed by atoms with Crippen LogP contribution in [0.4, 0.5) is 5.69 Å². The second-order valence-corrected chi connectivity index (χ2v) is 3.22. The van der Waals surface area contributed by atoms with Crippen molar-refractivity contribution in [2.75, 3.05) is 0 Å². The number of hydrogen-bond donors (Lipinski definition) is 1. The number of pyridine rings is 1. The minimum atomic E-state index is -0.473. The van der Waals surface area contributed by atoms with Crippen LogP contribution in [0.3, 0.4) is 0 Å². The lowest BCUT2D eigenvalue weighted by Crippen LogP contribution is -2.06. The summed E-state index contributed by atoms with van der Waals surface area (Å²) < 4.78 is 0. The van der Waals surface area contributed by atoms with E-state index in [2.05, 4.69) is 4.98 Å². The molecule has 5 nitrogen and oxygen atoms in total. The lowest BCUT2D eigenvalue weighted by atomic mass is 10.1. The van der Waals surface area contributed by atoms with Gasteiger partial charge in [0.05, 0.1) is 4.92 Å². The van der Waals surface area contributed by atoms with Crippen molar-refractivity contribution in [3.05, 3.63) is 63.1 Å². The zero-order chi connectivity index (χ0) is 11.5. The highest BCUT2D eigenvalue weighted by Gasteiger charge is 2.06. The van der Waals surface area contributed by atoms with E-state index >= 15 is 0 Å². The second kappa shape index (κ2) is 3.98. The summed E-state index contributed by atoms with van der Waals surface area (Å²) in [6.45, 7) is 0. The van der Waals surface area contributed by atoms with E-state index in [0.717, 1.165) is 0 Å². The SMILES string of the molecule is O=c1[nH]cccc1-c1ccc([N+](=O)[O-])cc1. The predicted molar refractivity (Wildman–Crippen MR) is 59.2 cm³/mol. The number of H-pyrrole nitrogens is 1. The third-order valence-electron chi connectivity index (χ3n) is 2.21. The van der Waals surface area contributed by atoms with Crippen LogP contribution >= 0.6 is 0 Å². The van der Waals surface area contributed by atoms with Crippen LogP contribution in [0, 0.1) is 10.1 Å². The van der Waals surface area contributed by atoms with Crippen molar-refractivity contribution >= 4 is 5.69 Å². The molecule has 0 spiro atoms. The first-order chi connectivity index (χ1) is 7.68. The molecule has 0 saturated carbocycles. The average molecular weight is 216 g/mol. The molecule has 0 aliphatic carbocycles. The summed E-state index contributed by atoms with van der Waals surface area (Å²) in [5.74, 6) is 0. The second-order valence-electron chi connectivity index (χ2n) is 3.22. The first-order valence-electron chi connectivity index (χ1n) is 4.61. The van der Waals surface area contributed by atoms with Gasteiger partial charge in [0.15, 0.2) is 0 Å². The molecule has 5 heteroatoms. The van der Waals surface area contributed by atoms with E-state index in [1.807, 2.05) is 0 Å². The van der Waals surface area contributed by atoms with E-state index in [1.54, 1.807) is 24.3 Å². The zero-order valence-electron chi connectivity index (χ0n) is 8.21. The molecule has 0 aliphatic rings. The van der Waals surface area contributed by atoms with Crippen molar-refractivity contribution in [1.82, 2.24) is 4.98 Å². The Labute approximate surface area is 90.5 Å². The lowest BCUT2D eigenvalue weighted by molar-refractivity contribution is -0.384. The molecule has 1 aromatic heterocycles. The molecule has 1 aromatic carbocycles. The van der Waals surface area contributed by atoms with Crippen LogP contribution in [0.1, 0.15) is 0 Å². The third kappa shape index (κ3) is 1.83. The van der Waals surface area contributed by atoms with Crippen LogP contribution in [-0.4, -0.2) is 9.91 Å². The molecule has 1 heterocycles. The molecule has 1 N–H and O–H groups in total. The smallest absolute Gasteiger partial charge is 0.269 e. The number of non-ortho nitro benzene ring substituents is 1. The fourth-order valence-corrected chi connectivity index (χ4v) is 1.41. The van der Waals surface area contributed by atoms with Crippen molar-refractivity contribution in [1.29, 1.82) is 0 Å². The lowest BCUT2D eigenvalue weighted by Gasteiger charge is -1.99. The highest BCUT2D eigenvalue weighted by atomic mass is 16.6. The molecule has 2 rings (SSSR count). The van der Waals surface area contributed by atoms with Gasteiger partial charge in [0, 0.05) is 23.9 Å². The van der Waals surface area contributed by atoms with Crippen molar-refractivity contribution in [3.8, 4) is 11.1 Å². The maximum Gasteiger partial charge on any atom is 0.269 e. The van der Waals surface area contributed by atoms with Crippen LogP contribution in [0.15, 0.2) is 47.4 Å². The van der Waals surface area contributed by atoms with Gasteiger partial charge in [-0.1, -0.05) is 0 Å². The Morgan fingerprint density at radius 3 is 2.38 bits per heavy atom. The predicted octanol–water partition coefficient (Wildman–Crippen LogP) is 1.95. The van der Waals surface area contributed by atoms with Gasteiger partial charge in [0.25, 0.3) is 11.2 Å². The topological polar surface area (TPSA) is 76.0 Å². The van der Waals surface area contributed by atoms with Crippen LogP contribution < -0.4 is 5.56 Å². The molecule has 16 heavy (non-hydrogen) atoms. The molecule has 0 radical (unpaired) electrons. The van der Waals surface area contributed by atoms with E-state index < -0.39 is 4.92 Å². The fourth-order valence-electron chi connectivity index (χ4n) is 1.41. The molecule has 0 amide bonds. The van der Waals surface area contributed by atoms with E-state index in [0.29, 0.717) is 11.1 Å². The molecule has 0 aliphatic heterocycles. The van der Waals surface area contributed by atoms with Crippen LogP contribution in [0.25, 0.3) is 11.1 Å². The quantitative estimate of drug-likeness (QED) is 0.615. The zero-order valence-corrected chi connectivity index (χ0v) is 8.21. The van der Waals surface area contributed by atoms with Gasteiger partial charge >= 0.3 is 0 Å². The summed E-state index contributed by atoms with van der Waals surface area (Å²) in [7, 11) is 0. The highest BCUT2D eigenvalue weighted by molar-refractivity contribution is 5.63. The number of benzene rings is 1. The molecule has 0 unspecified atom stereocenters. The summed E-state index contributed by atoms with van der Waals surface area (Å²) in [5.41, 5.74) is 0.956. The van der Waals surface area contributed by atoms with Crippen molar-refractivity contribution in [2.45, 2.75) is 0 Å². The molecule has 0 saturated heterocycles. The molecule has 0 bridgehead atoms. The average Bonchev–Trinajstić information content (AvgIpc) is 2.30. The highest BCUT2D eigenvalue weighted by Crippen LogP contribution is 2.18.